The molecule has 0 aromatic rings. The van der Waals surface area contributed by atoms with Crippen LogP contribution in [0.4, 0.5) is 0 Å². The summed E-state index contributed by atoms with van der Waals surface area (Å²) in [7, 11) is -4.05. The molecule has 0 aromatic carbocycles. The Hall–Kier alpha value is -0.620. The van der Waals surface area contributed by atoms with Gasteiger partial charge in [-0.3, -0.25) is 9.35 Å². The second-order valence-corrected chi connectivity index (χ2v) is 11.3. The second-order valence-electron chi connectivity index (χ2n) is 9.68. The Morgan fingerprint density at radius 2 is 0.879 bits per heavy atom. The highest BCUT2D eigenvalue weighted by molar-refractivity contribution is 7.85. The van der Waals surface area contributed by atoms with Crippen LogP contribution in [0.25, 0.3) is 0 Å². The molecule has 1 N–H and O–H groups in total. The van der Waals surface area contributed by atoms with Crippen molar-refractivity contribution in [2.24, 2.45) is 0 Å². The molecule has 33 heavy (non-hydrogen) atoms. The topological polar surface area (TPSA) is 80.7 Å². The van der Waals surface area contributed by atoms with Crippen molar-refractivity contribution in [3.63, 3.8) is 0 Å². The highest BCUT2D eigenvalue weighted by Crippen LogP contribution is 2.15. The predicted octanol–water partition coefficient (Wildman–Crippen LogP) is 8.41. The first-order chi connectivity index (χ1) is 16.0. The van der Waals surface area contributed by atoms with Gasteiger partial charge in [0.2, 0.25) is 0 Å². The number of unbranched alkanes of at least 4 members (excludes halogenated alkanes) is 21. The molecule has 0 aliphatic carbocycles. The third-order valence-electron chi connectivity index (χ3n) is 6.34. The van der Waals surface area contributed by atoms with Crippen LogP contribution < -0.4 is 0 Å². The number of ether oxygens (including phenoxy) is 1. The van der Waals surface area contributed by atoms with Crippen LogP contribution in [-0.2, 0) is 19.6 Å². The molecule has 0 heterocycles. The van der Waals surface area contributed by atoms with E-state index in [4.69, 9.17) is 9.29 Å². The molecule has 0 rings (SSSR count). The van der Waals surface area contributed by atoms with E-state index in [0.29, 0.717) is 6.42 Å². The molecule has 0 fully saturated rings. The van der Waals surface area contributed by atoms with Gasteiger partial charge in [0.25, 0.3) is 10.1 Å². The van der Waals surface area contributed by atoms with E-state index in [2.05, 4.69) is 6.92 Å². The summed E-state index contributed by atoms with van der Waals surface area (Å²) in [5.41, 5.74) is 0. The van der Waals surface area contributed by atoms with E-state index < -0.39 is 15.9 Å². The number of carbonyl (C=O) groups is 1. The Balaban J connectivity index is 3.13. The van der Waals surface area contributed by atoms with E-state index in [1.807, 2.05) is 0 Å². The Bertz CT molecular complexity index is 519. The van der Waals surface area contributed by atoms with Crippen molar-refractivity contribution in [3.05, 3.63) is 0 Å². The zero-order valence-corrected chi connectivity index (χ0v) is 22.5. The Morgan fingerprint density at radius 1 is 0.576 bits per heavy atom. The maximum atomic E-state index is 11.4. The highest BCUT2D eigenvalue weighted by Gasteiger charge is 2.07. The molecule has 198 valence electrons. The van der Waals surface area contributed by atoms with Crippen molar-refractivity contribution in [2.75, 3.05) is 12.4 Å². The van der Waals surface area contributed by atoms with Crippen molar-refractivity contribution in [1.29, 1.82) is 0 Å². The lowest BCUT2D eigenvalue weighted by Gasteiger charge is -2.05. The molecule has 0 saturated carbocycles. The van der Waals surface area contributed by atoms with Gasteiger partial charge in [0.05, 0.1) is 0 Å². The van der Waals surface area contributed by atoms with Crippen LogP contribution in [0.15, 0.2) is 0 Å². The summed E-state index contributed by atoms with van der Waals surface area (Å²) in [6.07, 6.45) is 29.7. The molecule has 0 radical (unpaired) electrons. The fourth-order valence-electron chi connectivity index (χ4n) is 4.21. The number of carbonyl (C=O) groups excluding carboxylic acids is 1. The summed E-state index contributed by atoms with van der Waals surface area (Å²) in [5, 5.41) is 0. The van der Waals surface area contributed by atoms with Crippen molar-refractivity contribution in [1.82, 2.24) is 0 Å². The van der Waals surface area contributed by atoms with E-state index in [-0.39, 0.29) is 12.6 Å². The lowest BCUT2D eigenvalue weighted by Crippen LogP contribution is -2.14. The third-order valence-corrected chi connectivity index (χ3v) is 7.02. The van der Waals surface area contributed by atoms with E-state index in [0.717, 1.165) is 19.3 Å². The average Bonchev–Trinajstić information content (AvgIpc) is 2.76. The van der Waals surface area contributed by atoms with Crippen LogP contribution in [0, 0.1) is 0 Å². The van der Waals surface area contributed by atoms with Crippen LogP contribution in [-0.4, -0.2) is 31.3 Å². The number of rotatable bonds is 26. The van der Waals surface area contributed by atoms with Crippen LogP contribution in [0.2, 0.25) is 0 Å². The van der Waals surface area contributed by atoms with Gasteiger partial charge in [0.1, 0.15) is 12.4 Å². The summed E-state index contributed by atoms with van der Waals surface area (Å²) in [6, 6.07) is 0. The molecule has 0 bridgehead atoms. The molecule has 0 aliphatic rings. The van der Waals surface area contributed by atoms with Crippen LogP contribution in [0.1, 0.15) is 155 Å². The molecule has 0 unspecified atom stereocenters. The van der Waals surface area contributed by atoms with Crippen LogP contribution >= 0.6 is 0 Å². The van der Waals surface area contributed by atoms with Crippen molar-refractivity contribution < 1.29 is 22.5 Å². The molecule has 0 amide bonds. The number of hydrogen-bond acceptors (Lipinski definition) is 4. The van der Waals surface area contributed by atoms with Gasteiger partial charge in [0, 0.05) is 6.42 Å². The Morgan fingerprint density at radius 3 is 1.18 bits per heavy atom. The van der Waals surface area contributed by atoms with Gasteiger partial charge in [-0.1, -0.05) is 142 Å². The average molecular weight is 491 g/mol. The van der Waals surface area contributed by atoms with Gasteiger partial charge in [-0.15, -0.1) is 0 Å². The predicted molar refractivity (Wildman–Crippen MR) is 139 cm³/mol. The number of esters is 1. The summed E-state index contributed by atoms with van der Waals surface area (Å²) in [5.74, 6) is -0.912. The van der Waals surface area contributed by atoms with E-state index in [9.17, 15) is 13.2 Å². The first-order valence-corrected chi connectivity index (χ1v) is 15.7. The first kappa shape index (κ1) is 32.4. The fourth-order valence-corrected chi connectivity index (χ4v) is 4.51. The second kappa shape index (κ2) is 24.5. The molecule has 0 spiro atoms. The normalized spacial score (nSPS) is 11.7. The van der Waals surface area contributed by atoms with E-state index in [1.54, 1.807) is 0 Å². The minimum absolute atomic E-state index is 0.267. The Labute approximate surface area is 205 Å². The zero-order valence-electron chi connectivity index (χ0n) is 21.7. The van der Waals surface area contributed by atoms with Gasteiger partial charge in [-0.2, -0.15) is 8.42 Å². The van der Waals surface area contributed by atoms with Crippen LogP contribution in [0.5, 0.6) is 0 Å². The van der Waals surface area contributed by atoms with Gasteiger partial charge in [-0.25, -0.2) is 0 Å². The smallest absolute Gasteiger partial charge is 0.305 e. The van der Waals surface area contributed by atoms with Crippen molar-refractivity contribution >= 4 is 16.1 Å². The highest BCUT2D eigenvalue weighted by atomic mass is 32.2. The van der Waals surface area contributed by atoms with Gasteiger partial charge >= 0.3 is 5.97 Å². The monoisotopic (exact) mass is 490 g/mol. The fraction of sp³-hybridized carbons (Fsp3) is 0.963. The largest absolute Gasteiger partial charge is 0.464 e. The summed E-state index contributed by atoms with van der Waals surface area (Å²) in [6.45, 7) is 2.01. The lowest BCUT2D eigenvalue weighted by atomic mass is 10.0. The van der Waals surface area contributed by atoms with Gasteiger partial charge < -0.3 is 4.74 Å². The van der Waals surface area contributed by atoms with Gasteiger partial charge in [-0.05, 0) is 6.42 Å². The third kappa shape index (κ3) is 29.3. The quantitative estimate of drug-likeness (QED) is 0.0747. The maximum Gasteiger partial charge on any atom is 0.305 e. The summed E-state index contributed by atoms with van der Waals surface area (Å²) >= 11 is 0. The van der Waals surface area contributed by atoms with Crippen molar-refractivity contribution in [2.45, 2.75) is 155 Å². The van der Waals surface area contributed by atoms with Gasteiger partial charge in [0.15, 0.2) is 0 Å². The minimum Gasteiger partial charge on any atom is -0.464 e. The van der Waals surface area contributed by atoms with E-state index >= 15 is 0 Å². The molecule has 6 heteroatoms. The molecule has 0 aliphatic heterocycles. The van der Waals surface area contributed by atoms with E-state index in [1.165, 1.54) is 122 Å². The minimum atomic E-state index is -4.05. The first-order valence-electron chi connectivity index (χ1n) is 14.1. The lowest BCUT2D eigenvalue weighted by molar-refractivity contribution is -0.143. The molecule has 0 saturated heterocycles. The van der Waals surface area contributed by atoms with Crippen LogP contribution in [0.3, 0.4) is 0 Å². The molecule has 0 aromatic heterocycles. The zero-order chi connectivity index (χ0) is 24.5. The molecule has 0 atom stereocenters. The van der Waals surface area contributed by atoms with Crippen molar-refractivity contribution in [3.8, 4) is 0 Å². The molecular weight excluding hydrogens is 436 g/mol. The molecule has 5 nitrogen and oxygen atoms in total. The number of hydrogen-bond donors (Lipinski definition) is 1. The molecular formula is C27H54O5S. The Kier molecular flexibility index (Phi) is 24.0. The summed E-state index contributed by atoms with van der Waals surface area (Å²) < 4.78 is 34.4. The summed E-state index contributed by atoms with van der Waals surface area (Å²) in [4.78, 5) is 11.4. The maximum absolute atomic E-state index is 11.4. The SMILES string of the molecule is CCCCCCCCCCCCCCCCCCCCCCCCC(=O)OCCS(=O)(=O)O. The standard InChI is InChI=1S/C27H54O5S/c1-2-3-4-5-6-7-8-9-10-11-12-13-14-15-16-17-18-19-20-21-22-23-24-27(28)32-25-26-33(29,30)31/h2-26H2,1H3,(H,29,30,31).